The minimum atomic E-state index is 0.849. The zero-order chi connectivity index (χ0) is 14.5. The van der Waals surface area contributed by atoms with Crippen LogP contribution in [0.5, 0.6) is 0 Å². The molecule has 0 saturated heterocycles. The van der Waals surface area contributed by atoms with E-state index in [4.69, 9.17) is 9.40 Å². The Bertz CT molecular complexity index is 723. The van der Waals surface area contributed by atoms with Crippen LogP contribution in [-0.4, -0.2) is 9.55 Å². The summed E-state index contributed by atoms with van der Waals surface area (Å²) in [5.74, 6) is 1.84. The SMILES string of the molecule is CCCCCn1c(C=Cc2ccco2)nc2ccccc21. The van der Waals surface area contributed by atoms with Gasteiger partial charge in [0.2, 0.25) is 0 Å². The summed E-state index contributed by atoms with van der Waals surface area (Å²) in [6, 6.07) is 12.1. The van der Waals surface area contributed by atoms with Crippen LogP contribution < -0.4 is 0 Å². The van der Waals surface area contributed by atoms with Crippen LogP contribution in [0.4, 0.5) is 0 Å². The molecule has 21 heavy (non-hydrogen) atoms. The Hall–Kier alpha value is -2.29. The largest absolute Gasteiger partial charge is 0.465 e. The van der Waals surface area contributed by atoms with Crippen molar-refractivity contribution in [2.24, 2.45) is 0 Å². The van der Waals surface area contributed by atoms with E-state index >= 15 is 0 Å². The van der Waals surface area contributed by atoms with Crippen LogP contribution >= 0.6 is 0 Å². The number of rotatable bonds is 6. The van der Waals surface area contributed by atoms with Crippen molar-refractivity contribution in [3.8, 4) is 0 Å². The molecule has 0 unspecified atom stereocenters. The van der Waals surface area contributed by atoms with Crippen molar-refractivity contribution in [1.82, 2.24) is 9.55 Å². The Kier molecular flexibility index (Phi) is 4.20. The molecule has 0 amide bonds. The lowest BCUT2D eigenvalue weighted by Crippen LogP contribution is -2.00. The molecule has 0 bridgehead atoms. The second-order valence-corrected chi connectivity index (χ2v) is 5.17. The smallest absolute Gasteiger partial charge is 0.133 e. The minimum Gasteiger partial charge on any atom is -0.465 e. The molecule has 0 saturated carbocycles. The molecular formula is C18H20N2O. The number of nitrogens with zero attached hydrogens (tertiary/aromatic N) is 2. The molecule has 0 atom stereocenters. The van der Waals surface area contributed by atoms with E-state index in [1.807, 2.05) is 30.4 Å². The molecule has 0 aliphatic heterocycles. The second-order valence-electron chi connectivity index (χ2n) is 5.17. The lowest BCUT2D eigenvalue weighted by molar-refractivity contribution is 0.557. The maximum Gasteiger partial charge on any atom is 0.133 e. The van der Waals surface area contributed by atoms with Gasteiger partial charge < -0.3 is 8.98 Å². The first-order valence-electron chi connectivity index (χ1n) is 7.55. The molecule has 3 heteroatoms. The van der Waals surface area contributed by atoms with Gasteiger partial charge >= 0.3 is 0 Å². The van der Waals surface area contributed by atoms with Gasteiger partial charge in [-0.05, 0) is 42.8 Å². The molecule has 3 aromatic rings. The van der Waals surface area contributed by atoms with Crippen LogP contribution in [0.1, 0.15) is 37.8 Å². The summed E-state index contributed by atoms with van der Waals surface area (Å²) in [6.07, 6.45) is 9.34. The molecule has 0 aliphatic rings. The van der Waals surface area contributed by atoms with Gasteiger partial charge in [-0.1, -0.05) is 31.9 Å². The quantitative estimate of drug-likeness (QED) is 0.595. The molecule has 0 radical (unpaired) electrons. The number of aryl methyl sites for hydroxylation is 1. The zero-order valence-electron chi connectivity index (χ0n) is 12.3. The van der Waals surface area contributed by atoms with Crippen molar-refractivity contribution in [2.45, 2.75) is 32.7 Å². The first-order chi connectivity index (χ1) is 10.4. The van der Waals surface area contributed by atoms with E-state index < -0.39 is 0 Å². The van der Waals surface area contributed by atoms with Gasteiger partial charge in [0, 0.05) is 6.54 Å². The number of unbranched alkanes of at least 4 members (excludes halogenated alkanes) is 2. The first-order valence-corrected chi connectivity index (χ1v) is 7.55. The molecule has 108 valence electrons. The van der Waals surface area contributed by atoms with E-state index in [0.717, 1.165) is 23.6 Å². The fourth-order valence-electron chi connectivity index (χ4n) is 2.52. The van der Waals surface area contributed by atoms with E-state index in [1.165, 1.54) is 24.8 Å². The molecule has 0 fully saturated rings. The van der Waals surface area contributed by atoms with Gasteiger partial charge in [-0.2, -0.15) is 0 Å². The van der Waals surface area contributed by atoms with Crippen LogP contribution in [0.25, 0.3) is 23.2 Å². The van der Waals surface area contributed by atoms with Crippen molar-refractivity contribution >= 4 is 23.2 Å². The number of imidazole rings is 1. The Morgan fingerprint density at radius 3 is 2.81 bits per heavy atom. The predicted octanol–water partition coefficient (Wildman–Crippen LogP) is 4.99. The number of hydrogen-bond acceptors (Lipinski definition) is 2. The Morgan fingerprint density at radius 2 is 2.00 bits per heavy atom. The summed E-state index contributed by atoms with van der Waals surface area (Å²) in [4.78, 5) is 4.73. The molecular weight excluding hydrogens is 260 g/mol. The average Bonchev–Trinajstić information content (AvgIpc) is 3.13. The van der Waals surface area contributed by atoms with E-state index in [1.54, 1.807) is 6.26 Å². The molecule has 2 aromatic heterocycles. The van der Waals surface area contributed by atoms with Gasteiger partial charge in [-0.15, -0.1) is 0 Å². The number of fused-ring (bicyclic) bond motifs is 1. The van der Waals surface area contributed by atoms with Crippen LogP contribution in [0.3, 0.4) is 0 Å². The van der Waals surface area contributed by atoms with Crippen molar-refractivity contribution in [1.29, 1.82) is 0 Å². The lowest BCUT2D eigenvalue weighted by atomic mass is 10.2. The van der Waals surface area contributed by atoms with Gasteiger partial charge in [0.05, 0.1) is 17.3 Å². The molecule has 2 heterocycles. The van der Waals surface area contributed by atoms with Crippen molar-refractivity contribution in [3.63, 3.8) is 0 Å². The summed E-state index contributed by atoms with van der Waals surface area (Å²) in [5, 5.41) is 0. The molecule has 1 aromatic carbocycles. The third-order valence-electron chi connectivity index (χ3n) is 3.61. The highest BCUT2D eigenvalue weighted by Crippen LogP contribution is 2.19. The Morgan fingerprint density at radius 1 is 1.10 bits per heavy atom. The van der Waals surface area contributed by atoms with Gasteiger partial charge in [-0.25, -0.2) is 4.98 Å². The predicted molar refractivity (Wildman–Crippen MR) is 86.9 cm³/mol. The Balaban J connectivity index is 1.93. The summed E-state index contributed by atoms with van der Waals surface area (Å²) in [7, 11) is 0. The lowest BCUT2D eigenvalue weighted by Gasteiger charge is -2.06. The monoisotopic (exact) mass is 280 g/mol. The summed E-state index contributed by atoms with van der Waals surface area (Å²) in [6.45, 7) is 3.23. The molecule has 0 N–H and O–H groups in total. The van der Waals surface area contributed by atoms with E-state index in [9.17, 15) is 0 Å². The summed E-state index contributed by atoms with van der Waals surface area (Å²) < 4.78 is 7.64. The van der Waals surface area contributed by atoms with Crippen LogP contribution in [-0.2, 0) is 6.54 Å². The van der Waals surface area contributed by atoms with Gasteiger partial charge in [0.25, 0.3) is 0 Å². The molecule has 0 spiro atoms. The Labute approximate surface area is 124 Å². The fraction of sp³-hybridized carbons (Fsp3) is 0.278. The zero-order valence-corrected chi connectivity index (χ0v) is 12.3. The molecule has 0 aliphatic carbocycles. The maximum atomic E-state index is 5.34. The third kappa shape index (κ3) is 3.07. The second kappa shape index (κ2) is 6.44. The van der Waals surface area contributed by atoms with E-state index in [-0.39, 0.29) is 0 Å². The highest BCUT2D eigenvalue weighted by molar-refractivity contribution is 5.79. The van der Waals surface area contributed by atoms with Crippen LogP contribution in [0.2, 0.25) is 0 Å². The van der Waals surface area contributed by atoms with E-state index in [2.05, 4.69) is 29.7 Å². The standard InChI is InChI=1S/C18H20N2O/c1-2-3-6-13-20-17-10-5-4-9-16(17)19-18(20)12-11-15-8-7-14-21-15/h4-5,7-12,14H,2-3,6,13H2,1H3. The normalized spacial score (nSPS) is 11.7. The highest BCUT2D eigenvalue weighted by atomic mass is 16.3. The highest BCUT2D eigenvalue weighted by Gasteiger charge is 2.07. The van der Waals surface area contributed by atoms with Crippen molar-refractivity contribution < 1.29 is 4.42 Å². The van der Waals surface area contributed by atoms with Crippen molar-refractivity contribution in [3.05, 3.63) is 54.2 Å². The van der Waals surface area contributed by atoms with Crippen LogP contribution in [0, 0.1) is 0 Å². The summed E-state index contributed by atoms with van der Waals surface area (Å²) >= 11 is 0. The number of hydrogen-bond donors (Lipinski definition) is 0. The maximum absolute atomic E-state index is 5.34. The van der Waals surface area contributed by atoms with E-state index in [0.29, 0.717) is 0 Å². The molecule has 3 rings (SSSR count). The minimum absolute atomic E-state index is 0.849. The number of para-hydroxylation sites is 2. The topological polar surface area (TPSA) is 31.0 Å². The number of aromatic nitrogens is 2. The molecule has 3 nitrogen and oxygen atoms in total. The third-order valence-corrected chi connectivity index (χ3v) is 3.61. The van der Waals surface area contributed by atoms with Crippen LogP contribution in [0.15, 0.2) is 47.1 Å². The van der Waals surface area contributed by atoms with Gasteiger partial charge in [0.15, 0.2) is 0 Å². The van der Waals surface area contributed by atoms with Gasteiger partial charge in [-0.3, -0.25) is 0 Å². The van der Waals surface area contributed by atoms with Crippen molar-refractivity contribution in [2.75, 3.05) is 0 Å². The number of furan rings is 1. The summed E-state index contributed by atoms with van der Waals surface area (Å²) in [5.41, 5.74) is 2.25. The van der Waals surface area contributed by atoms with Gasteiger partial charge in [0.1, 0.15) is 11.6 Å². The average molecular weight is 280 g/mol. The number of benzene rings is 1. The first kappa shape index (κ1) is 13.7. The fourth-order valence-corrected chi connectivity index (χ4v) is 2.52.